The van der Waals surface area contributed by atoms with Crippen LogP contribution in [0, 0.1) is 22.7 Å². The number of aliphatic hydroxyl groups is 2. The minimum atomic E-state index is -5.84. The normalized spacial score (nSPS) is 32.1. The van der Waals surface area contributed by atoms with Gasteiger partial charge in [0.2, 0.25) is 0 Å². The highest BCUT2D eigenvalue weighted by atomic mass is 32.2. The van der Waals surface area contributed by atoms with Crippen LogP contribution in [0.2, 0.25) is 0 Å². The Hall–Kier alpha value is -1.83. The van der Waals surface area contributed by atoms with Crippen LogP contribution >= 0.6 is 0 Å². The lowest BCUT2D eigenvalue weighted by atomic mass is 9.44. The van der Waals surface area contributed by atoms with Crippen molar-refractivity contribution in [2.45, 2.75) is 101 Å². The summed E-state index contributed by atoms with van der Waals surface area (Å²) in [5.41, 5.74) is -3.55. The van der Waals surface area contributed by atoms with E-state index in [4.69, 9.17) is 0 Å². The van der Waals surface area contributed by atoms with Gasteiger partial charge in [0.15, 0.2) is 0 Å². The number of anilines is 1. The molecule has 0 aliphatic heterocycles. The zero-order valence-electron chi connectivity index (χ0n) is 22.7. The summed E-state index contributed by atoms with van der Waals surface area (Å²) in [5.74, 6) is -0.0687. The van der Waals surface area contributed by atoms with Gasteiger partial charge in [-0.3, -0.25) is 9.27 Å². The monoisotopic (exact) mass is 613 g/mol. The highest BCUT2D eigenvalue weighted by molar-refractivity contribution is 7.87. The predicted octanol–water partition coefficient (Wildman–Crippen LogP) is 6.71. The van der Waals surface area contributed by atoms with E-state index in [-0.39, 0.29) is 29.9 Å². The molecular formula is C28H37F6NO5S. The van der Waals surface area contributed by atoms with Crippen molar-refractivity contribution in [3.63, 3.8) is 0 Å². The second-order valence-corrected chi connectivity index (χ2v) is 13.5. The van der Waals surface area contributed by atoms with Crippen LogP contribution < -0.4 is 4.72 Å². The van der Waals surface area contributed by atoms with E-state index in [1.807, 2.05) is 13.0 Å². The molecule has 2 fully saturated rings. The largest absolute Gasteiger partial charge is 0.426 e. The molecule has 0 bridgehead atoms. The topological polar surface area (TPSA) is 107 Å². The lowest BCUT2D eigenvalue weighted by Crippen LogP contribution is -2.56. The summed E-state index contributed by atoms with van der Waals surface area (Å²) < 4.78 is 112. The minimum absolute atomic E-state index is 0.0472. The average Bonchev–Trinajstić information content (AvgIpc) is 3.15. The molecule has 6 atom stereocenters. The summed E-state index contributed by atoms with van der Waals surface area (Å²) >= 11 is 0. The molecule has 6 nitrogen and oxygen atoms in total. The van der Waals surface area contributed by atoms with Gasteiger partial charge in [0, 0.05) is 0 Å². The van der Waals surface area contributed by atoms with Crippen LogP contribution in [-0.2, 0) is 16.7 Å². The highest BCUT2D eigenvalue weighted by Crippen LogP contribution is 2.69. The molecule has 3 aliphatic carbocycles. The Morgan fingerprint density at radius 1 is 1.10 bits per heavy atom. The first-order chi connectivity index (χ1) is 18.8. The summed E-state index contributed by atoms with van der Waals surface area (Å²) in [7, 11) is -4.48. The number of halogens is 6. The smallest absolute Gasteiger partial charge is 0.393 e. The van der Waals surface area contributed by atoms with Crippen molar-refractivity contribution in [2.75, 3.05) is 4.72 Å². The van der Waals surface area contributed by atoms with Crippen LogP contribution in [0.4, 0.5) is 32.0 Å². The molecule has 4 N–H and O–H groups in total. The summed E-state index contributed by atoms with van der Waals surface area (Å²) in [4.78, 5) is 0. The highest BCUT2D eigenvalue weighted by Gasteiger charge is 2.69. The fraction of sp³-hybridized carbons (Fsp3) is 0.714. The molecule has 1 aromatic rings. The first-order valence-electron chi connectivity index (χ1n) is 13.8. The van der Waals surface area contributed by atoms with Crippen LogP contribution in [0.5, 0.6) is 0 Å². The van der Waals surface area contributed by atoms with Crippen molar-refractivity contribution < 1.29 is 49.5 Å². The number of benzene rings is 1. The Labute approximate surface area is 236 Å². The van der Waals surface area contributed by atoms with Crippen molar-refractivity contribution in [2.24, 2.45) is 22.7 Å². The maximum atomic E-state index is 13.1. The van der Waals surface area contributed by atoms with Gasteiger partial charge in [0.25, 0.3) is 5.60 Å². The summed E-state index contributed by atoms with van der Waals surface area (Å²) in [6.45, 7) is 6.23. The number of fused-ring (bicyclic) bond motifs is 5. The Balaban J connectivity index is 1.60. The number of aryl methyl sites for hydroxylation is 1. The molecule has 3 aliphatic rings. The van der Waals surface area contributed by atoms with E-state index in [1.165, 1.54) is 0 Å². The Morgan fingerprint density at radius 2 is 1.76 bits per heavy atom. The van der Waals surface area contributed by atoms with E-state index >= 15 is 0 Å². The molecule has 41 heavy (non-hydrogen) atoms. The number of nitrogens with one attached hydrogen (secondary N) is 1. The van der Waals surface area contributed by atoms with E-state index in [1.54, 1.807) is 18.2 Å². The van der Waals surface area contributed by atoms with Crippen LogP contribution in [0.3, 0.4) is 0 Å². The lowest BCUT2D eigenvalue weighted by molar-refractivity contribution is -0.370. The third-order valence-electron chi connectivity index (χ3n) is 10.2. The number of aliphatic hydroxyl groups excluding tert-OH is 1. The summed E-state index contributed by atoms with van der Waals surface area (Å²) in [6.07, 6.45) is -8.07. The fourth-order valence-electron chi connectivity index (χ4n) is 8.33. The maximum Gasteiger partial charge on any atom is 0.426 e. The molecule has 0 radical (unpaired) electrons. The molecule has 13 heteroatoms. The van der Waals surface area contributed by atoms with Crippen LogP contribution in [0.25, 0.3) is 0 Å². The van der Waals surface area contributed by atoms with Gasteiger partial charge in [-0.25, -0.2) is 0 Å². The molecule has 0 spiro atoms. The van der Waals surface area contributed by atoms with Crippen molar-refractivity contribution >= 4 is 16.0 Å². The molecule has 1 aromatic carbocycles. The maximum absolute atomic E-state index is 13.1. The first kappa shape index (κ1) is 32.1. The molecule has 232 valence electrons. The van der Waals surface area contributed by atoms with E-state index < -0.39 is 58.0 Å². The summed E-state index contributed by atoms with van der Waals surface area (Å²) in [6, 6.07) is 5.02. The van der Waals surface area contributed by atoms with E-state index in [9.17, 15) is 49.5 Å². The number of hydrogen-bond donors (Lipinski definition) is 4. The zero-order valence-corrected chi connectivity index (χ0v) is 23.5. The quantitative estimate of drug-likeness (QED) is 0.107. The van der Waals surface area contributed by atoms with Crippen molar-refractivity contribution in [1.82, 2.24) is 0 Å². The fourth-order valence-corrected chi connectivity index (χ4v) is 8.75. The van der Waals surface area contributed by atoms with Gasteiger partial charge in [-0.1, -0.05) is 31.9 Å². The van der Waals surface area contributed by atoms with E-state index in [0.717, 1.165) is 17.5 Å². The van der Waals surface area contributed by atoms with Gasteiger partial charge in [-0.2, -0.15) is 34.8 Å². The zero-order chi connectivity index (χ0) is 30.6. The van der Waals surface area contributed by atoms with Gasteiger partial charge in [-0.05, 0) is 103 Å². The van der Waals surface area contributed by atoms with Crippen molar-refractivity contribution in [1.29, 1.82) is 0 Å². The second-order valence-electron chi connectivity index (χ2n) is 12.4. The van der Waals surface area contributed by atoms with E-state index in [2.05, 4.69) is 11.3 Å². The van der Waals surface area contributed by atoms with Gasteiger partial charge >= 0.3 is 22.7 Å². The Kier molecular flexibility index (Phi) is 8.38. The molecule has 2 saturated carbocycles. The van der Waals surface area contributed by atoms with Crippen LogP contribution in [0.15, 0.2) is 30.9 Å². The number of unbranched alkanes of at least 4 members (excludes halogenated alkanes) is 2. The van der Waals surface area contributed by atoms with Crippen LogP contribution in [0.1, 0.15) is 81.8 Å². The third-order valence-corrected chi connectivity index (χ3v) is 10.7. The number of alkyl halides is 6. The first-order valence-corrected chi connectivity index (χ1v) is 15.3. The van der Waals surface area contributed by atoms with Crippen molar-refractivity contribution in [3.8, 4) is 0 Å². The third kappa shape index (κ3) is 5.63. The molecule has 0 heterocycles. The molecule has 4 rings (SSSR count). The predicted molar refractivity (Wildman–Crippen MR) is 140 cm³/mol. The van der Waals surface area contributed by atoms with Gasteiger partial charge < -0.3 is 10.2 Å². The Bertz CT molecular complexity index is 1240. The minimum Gasteiger partial charge on any atom is -0.393 e. The van der Waals surface area contributed by atoms with Crippen LogP contribution in [-0.4, -0.2) is 47.2 Å². The number of rotatable bonds is 9. The van der Waals surface area contributed by atoms with Crippen molar-refractivity contribution in [3.05, 3.63) is 42.0 Å². The molecule has 0 amide bonds. The van der Waals surface area contributed by atoms with E-state index in [0.29, 0.717) is 38.5 Å². The second kappa shape index (κ2) is 10.7. The number of hydrogen-bond acceptors (Lipinski definition) is 4. The molecule has 0 aromatic heterocycles. The standard InChI is InChI=1S/C28H37F6NO5S/c1-3-25-14-12-17-15-19(35-41(38,39)40)8-9-20(17)23(25)18(16-24(2)21(25)10-11-22(24)36)7-5-4-6-13-26(37,27(29,30)31)28(32,33)34/h3,8-9,15,18,21-23,35-37H,1,4-7,10-14,16H2,2H3,(H,38,39,40)/t18-,21+,22-,23+,24-,25-/m0/s1. The molecule has 0 unspecified atom stereocenters. The average molecular weight is 614 g/mol. The van der Waals surface area contributed by atoms with Gasteiger partial charge in [-0.15, -0.1) is 6.58 Å². The SMILES string of the molecule is C=C[C@@]12CCc3cc(NS(=O)(=O)O)ccc3[C@H]1[C@@H](CCCCCC(O)(C(F)(F)F)C(F)(F)F)C[C@@]1(C)[C@H]2CC[C@@H]1O. The molecular weight excluding hydrogens is 576 g/mol. The summed E-state index contributed by atoms with van der Waals surface area (Å²) in [5, 5.41) is 20.5. The number of allylic oxidation sites excluding steroid dienone is 1. The Morgan fingerprint density at radius 3 is 2.34 bits per heavy atom. The molecule has 0 saturated heterocycles. The lowest BCUT2D eigenvalue weighted by Gasteiger charge is -2.60. The van der Waals surface area contributed by atoms with Gasteiger partial charge in [0.1, 0.15) is 0 Å². The van der Waals surface area contributed by atoms with Gasteiger partial charge in [0.05, 0.1) is 11.8 Å².